The van der Waals surface area contributed by atoms with Crippen molar-refractivity contribution in [2.24, 2.45) is 10.9 Å². The molecule has 160 valence electrons. The van der Waals surface area contributed by atoms with Gasteiger partial charge in [0.1, 0.15) is 0 Å². The Morgan fingerprint density at radius 2 is 1.70 bits per heavy atom. The van der Waals surface area contributed by atoms with Crippen LogP contribution in [0, 0.1) is 5.92 Å². The van der Waals surface area contributed by atoms with Crippen LogP contribution in [0.25, 0.3) is 0 Å². The van der Waals surface area contributed by atoms with Crippen molar-refractivity contribution in [3.05, 3.63) is 0 Å². The third-order valence-electron chi connectivity index (χ3n) is 6.07. The van der Waals surface area contributed by atoms with Gasteiger partial charge < -0.3 is 15.5 Å². The van der Waals surface area contributed by atoms with Crippen molar-refractivity contribution in [1.82, 2.24) is 20.4 Å². The van der Waals surface area contributed by atoms with Crippen LogP contribution in [0.15, 0.2) is 4.99 Å². The molecule has 0 radical (unpaired) electrons. The first-order valence-electron chi connectivity index (χ1n) is 11.0. The molecular weight excluding hydrogens is 449 g/mol. The fourth-order valence-corrected chi connectivity index (χ4v) is 4.26. The minimum atomic E-state index is 0. The summed E-state index contributed by atoms with van der Waals surface area (Å²) in [5, 5.41) is 7.00. The van der Waals surface area contributed by atoms with E-state index >= 15 is 0 Å². The molecule has 2 heterocycles. The summed E-state index contributed by atoms with van der Waals surface area (Å²) in [5.74, 6) is 1.78. The summed E-state index contributed by atoms with van der Waals surface area (Å²) in [7, 11) is 2.25. The smallest absolute Gasteiger partial charge is 0.191 e. The molecule has 6 heteroatoms. The molecule has 2 N–H and O–H groups in total. The third kappa shape index (κ3) is 8.44. The van der Waals surface area contributed by atoms with E-state index in [0.29, 0.717) is 0 Å². The van der Waals surface area contributed by atoms with Gasteiger partial charge in [0.2, 0.25) is 0 Å². The number of likely N-dealkylation sites (tertiary alicyclic amines) is 2. The summed E-state index contributed by atoms with van der Waals surface area (Å²) in [6.45, 7) is 14.5. The first kappa shape index (κ1) is 25.0. The molecule has 0 aliphatic carbocycles. The highest BCUT2D eigenvalue weighted by atomic mass is 127. The van der Waals surface area contributed by atoms with E-state index in [1.165, 1.54) is 71.1 Å². The Labute approximate surface area is 185 Å². The standard InChI is InChI=1S/C21H43N5.HI/c1-5-22-20(23-13-9-10-19(2)3)24-18-21(11-16-25(4)17-12-21)26-14-7-6-8-15-26;/h19H,5-18H2,1-4H3,(H2,22,23,24);1H. The van der Waals surface area contributed by atoms with Crippen LogP contribution < -0.4 is 10.6 Å². The molecule has 0 unspecified atom stereocenters. The van der Waals surface area contributed by atoms with Gasteiger partial charge in [-0.3, -0.25) is 9.89 Å². The van der Waals surface area contributed by atoms with Crippen LogP contribution >= 0.6 is 24.0 Å². The molecule has 2 saturated heterocycles. The fraction of sp³-hybridized carbons (Fsp3) is 0.952. The largest absolute Gasteiger partial charge is 0.357 e. The molecular formula is C21H44IN5. The maximum Gasteiger partial charge on any atom is 0.191 e. The van der Waals surface area contributed by atoms with E-state index < -0.39 is 0 Å². The normalized spacial score (nSPS) is 21.7. The van der Waals surface area contributed by atoms with Crippen LogP contribution in [0.1, 0.15) is 65.7 Å². The zero-order valence-corrected chi connectivity index (χ0v) is 20.6. The van der Waals surface area contributed by atoms with Crippen molar-refractivity contribution >= 4 is 29.9 Å². The van der Waals surface area contributed by atoms with Crippen LogP contribution in [-0.2, 0) is 0 Å². The van der Waals surface area contributed by atoms with Crippen LogP contribution in [0.3, 0.4) is 0 Å². The Bertz CT molecular complexity index is 413. The second kappa shape index (κ2) is 13.2. The summed E-state index contributed by atoms with van der Waals surface area (Å²) in [6, 6.07) is 0. The number of aliphatic imine (C=N–C) groups is 1. The first-order valence-corrected chi connectivity index (χ1v) is 11.0. The zero-order valence-electron chi connectivity index (χ0n) is 18.2. The Balaban J connectivity index is 0.00000364. The molecule has 2 aliphatic heterocycles. The van der Waals surface area contributed by atoms with Crippen LogP contribution in [0.2, 0.25) is 0 Å². The predicted molar refractivity (Wildman–Crippen MR) is 128 cm³/mol. The minimum absolute atomic E-state index is 0. The van der Waals surface area contributed by atoms with Gasteiger partial charge in [0.05, 0.1) is 6.54 Å². The monoisotopic (exact) mass is 493 g/mol. The second-order valence-corrected chi connectivity index (χ2v) is 8.73. The van der Waals surface area contributed by atoms with E-state index in [4.69, 9.17) is 4.99 Å². The molecule has 2 aliphatic rings. The maximum atomic E-state index is 5.06. The molecule has 2 rings (SSSR count). The lowest BCUT2D eigenvalue weighted by Gasteiger charge is -2.49. The first-order chi connectivity index (χ1) is 12.6. The average Bonchev–Trinajstić information content (AvgIpc) is 2.65. The van der Waals surface area contributed by atoms with E-state index in [2.05, 4.69) is 48.3 Å². The highest BCUT2D eigenvalue weighted by Gasteiger charge is 2.39. The molecule has 0 aromatic carbocycles. The lowest BCUT2D eigenvalue weighted by Crippen LogP contribution is -2.58. The SMILES string of the molecule is CCNC(=NCC1(N2CCCCC2)CCN(C)CC1)NCCCC(C)C.I. The topological polar surface area (TPSA) is 42.9 Å². The van der Waals surface area contributed by atoms with Crippen molar-refractivity contribution < 1.29 is 0 Å². The number of hydrogen-bond acceptors (Lipinski definition) is 3. The second-order valence-electron chi connectivity index (χ2n) is 8.73. The minimum Gasteiger partial charge on any atom is -0.357 e. The van der Waals surface area contributed by atoms with Crippen molar-refractivity contribution in [1.29, 1.82) is 0 Å². The Morgan fingerprint density at radius 1 is 1.04 bits per heavy atom. The lowest BCUT2D eigenvalue weighted by atomic mass is 9.84. The third-order valence-corrected chi connectivity index (χ3v) is 6.07. The van der Waals surface area contributed by atoms with Crippen molar-refractivity contribution in [2.45, 2.75) is 71.3 Å². The van der Waals surface area contributed by atoms with E-state index in [-0.39, 0.29) is 29.5 Å². The molecule has 5 nitrogen and oxygen atoms in total. The molecule has 0 aromatic rings. The van der Waals surface area contributed by atoms with Gasteiger partial charge in [-0.2, -0.15) is 0 Å². The van der Waals surface area contributed by atoms with E-state index in [0.717, 1.165) is 31.5 Å². The summed E-state index contributed by atoms with van der Waals surface area (Å²) in [6.07, 6.45) is 9.10. The van der Waals surface area contributed by atoms with Gasteiger partial charge >= 0.3 is 0 Å². The lowest BCUT2D eigenvalue weighted by molar-refractivity contribution is 0.0208. The Kier molecular flexibility index (Phi) is 12.2. The number of piperidine rings is 2. The molecule has 2 fully saturated rings. The number of hydrogen-bond donors (Lipinski definition) is 2. The van der Waals surface area contributed by atoms with Gasteiger partial charge in [0.15, 0.2) is 5.96 Å². The van der Waals surface area contributed by atoms with E-state index in [1.54, 1.807) is 0 Å². The highest BCUT2D eigenvalue weighted by molar-refractivity contribution is 14.0. The van der Waals surface area contributed by atoms with Gasteiger partial charge in [-0.15, -0.1) is 24.0 Å². The van der Waals surface area contributed by atoms with Gasteiger partial charge in [0, 0.05) is 18.6 Å². The number of rotatable bonds is 8. The van der Waals surface area contributed by atoms with Crippen LogP contribution in [-0.4, -0.2) is 74.2 Å². The van der Waals surface area contributed by atoms with Crippen molar-refractivity contribution in [2.75, 3.05) is 52.9 Å². The van der Waals surface area contributed by atoms with Crippen molar-refractivity contribution in [3.63, 3.8) is 0 Å². The van der Waals surface area contributed by atoms with Gasteiger partial charge in [-0.1, -0.05) is 20.3 Å². The summed E-state index contributed by atoms with van der Waals surface area (Å²) in [4.78, 5) is 10.3. The molecule has 0 spiro atoms. The Hall–Kier alpha value is -0.0800. The molecule has 0 saturated carbocycles. The predicted octanol–water partition coefficient (Wildman–Crippen LogP) is 3.55. The molecule has 0 atom stereocenters. The van der Waals surface area contributed by atoms with Gasteiger partial charge in [-0.25, -0.2) is 0 Å². The quantitative estimate of drug-likeness (QED) is 0.235. The number of nitrogens with one attached hydrogen (secondary N) is 2. The molecule has 0 amide bonds. The van der Waals surface area contributed by atoms with E-state index in [9.17, 15) is 0 Å². The van der Waals surface area contributed by atoms with Crippen molar-refractivity contribution in [3.8, 4) is 0 Å². The fourth-order valence-electron chi connectivity index (χ4n) is 4.26. The molecule has 0 bridgehead atoms. The molecule has 0 aromatic heterocycles. The van der Waals surface area contributed by atoms with Crippen LogP contribution in [0.4, 0.5) is 0 Å². The summed E-state index contributed by atoms with van der Waals surface area (Å²) in [5.41, 5.74) is 0.271. The number of nitrogens with zero attached hydrogens (tertiary/aromatic N) is 3. The summed E-state index contributed by atoms with van der Waals surface area (Å²) >= 11 is 0. The van der Waals surface area contributed by atoms with Gasteiger partial charge in [-0.05, 0) is 84.6 Å². The van der Waals surface area contributed by atoms with Crippen LogP contribution in [0.5, 0.6) is 0 Å². The highest BCUT2D eigenvalue weighted by Crippen LogP contribution is 2.31. The average molecular weight is 494 g/mol. The molecule has 27 heavy (non-hydrogen) atoms. The number of guanidine groups is 1. The van der Waals surface area contributed by atoms with E-state index in [1.807, 2.05) is 0 Å². The maximum absolute atomic E-state index is 5.06. The Morgan fingerprint density at radius 3 is 2.30 bits per heavy atom. The van der Waals surface area contributed by atoms with Gasteiger partial charge in [0.25, 0.3) is 0 Å². The summed E-state index contributed by atoms with van der Waals surface area (Å²) < 4.78 is 0. The zero-order chi connectivity index (χ0) is 18.8. The number of halogens is 1.